The average Bonchev–Trinajstić information content (AvgIpc) is 3.17. The minimum absolute atomic E-state index is 0.0701. The van der Waals surface area contributed by atoms with Gasteiger partial charge >= 0.3 is 6.03 Å². The maximum Gasteiger partial charge on any atom is 0.322 e. The number of methoxy groups -OCH3 is 1. The van der Waals surface area contributed by atoms with E-state index in [0.717, 1.165) is 42.0 Å². The summed E-state index contributed by atoms with van der Waals surface area (Å²) in [6.07, 6.45) is 1.96. The number of nitrogens with zero attached hydrogens (tertiary/aromatic N) is 1. The molecule has 5 heteroatoms. The van der Waals surface area contributed by atoms with E-state index in [1.807, 2.05) is 54.3 Å². The standard InChI is InChI=1S/C21H26N2O3/c1-3-26-15-17-8-4-5-11-19(17)22-21(24)23-13-7-12-20(23)16-9-6-10-18(14-16)25-2/h4-6,8-11,14,20H,3,7,12-13,15H2,1-2H3,(H,22,24). The minimum Gasteiger partial charge on any atom is -0.497 e. The number of likely N-dealkylation sites (tertiary alicyclic amines) is 1. The van der Waals surface area contributed by atoms with E-state index in [4.69, 9.17) is 9.47 Å². The highest BCUT2D eigenvalue weighted by Crippen LogP contribution is 2.34. The molecular formula is C21H26N2O3. The number of para-hydroxylation sites is 1. The van der Waals surface area contributed by atoms with Crippen LogP contribution in [-0.2, 0) is 11.3 Å². The highest BCUT2D eigenvalue weighted by molar-refractivity contribution is 5.90. The Morgan fingerprint density at radius 2 is 2.08 bits per heavy atom. The van der Waals surface area contributed by atoms with E-state index in [9.17, 15) is 4.79 Å². The Labute approximate surface area is 154 Å². The molecule has 1 heterocycles. The van der Waals surface area contributed by atoms with Crippen molar-refractivity contribution < 1.29 is 14.3 Å². The topological polar surface area (TPSA) is 50.8 Å². The second kappa shape index (κ2) is 8.72. The summed E-state index contributed by atoms with van der Waals surface area (Å²) in [6, 6.07) is 15.8. The molecular weight excluding hydrogens is 328 g/mol. The maximum atomic E-state index is 12.9. The second-order valence-electron chi connectivity index (χ2n) is 6.35. The second-order valence-corrected chi connectivity index (χ2v) is 6.35. The van der Waals surface area contributed by atoms with E-state index in [0.29, 0.717) is 13.2 Å². The third kappa shape index (κ3) is 4.17. The molecule has 2 aromatic rings. The van der Waals surface area contributed by atoms with Crippen LogP contribution in [0.25, 0.3) is 0 Å². The van der Waals surface area contributed by atoms with Gasteiger partial charge in [-0.05, 0) is 43.5 Å². The first kappa shape index (κ1) is 18.3. The normalized spacial score (nSPS) is 16.5. The van der Waals surface area contributed by atoms with E-state index < -0.39 is 0 Å². The molecule has 1 aliphatic heterocycles. The Bertz CT molecular complexity index is 748. The van der Waals surface area contributed by atoms with E-state index in [1.54, 1.807) is 7.11 Å². The van der Waals surface area contributed by atoms with Crippen LogP contribution in [0.15, 0.2) is 48.5 Å². The van der Waals surface area contributed by atoms with Gasteiger partial charge < -0.3 is 19.7 Å². The Hall–Kier alpha value is -2.53. The number of hydrogen-bond acceptors (Lipinski definition) is 3. The fraction of sp³-hybridized carbons (Fsp3) is 0.381. The zero-order valence-corrected chi connectivity index (χ0v) is 15.4. The molecule has 1 fully saturated rings. The van der Waals surface area contributed by atoms with E-state index in [1.165, 1.54) is 0 Å². The predicted molar refractivity (Wildman–Crippen MR) is 102 cm³/mol. The molecule has 2 aromatic carbocycles. The number of anilines is 1. The van der Waals surface area contributed by atoms with Crippen molar-refractivity contribution in [1.29, 1.82) is 0 Å². The maximum absolute atomic E-state index is 12.9. The number of benzene rings is 2. The van der Waals surface area contributed by atoms with Crippen LogP contribution in [0.1, 0.15) is 36.9 Å². The Morgan fingerprint density at radius 1 is 1.23 bits per heavy atom. The number of ether oxygens (including phenoxy) is 2. The van der Waals surface area contributed by atoms with Gasteiger partial charge in [0, 0.05) is 24.4 Å². The minimum atomic E-state index is -0.0701. The first-order valence-electron chi connectivity index (χ1n) is 9.10. The van der Waals surface area contributed by atoms with E-state index in [2.05, 4.69) is 11.4 Å². The lowest BCUT2D eigenvalue weighted by Crippen LogP contribution is -2.34. The highest BCUT2D eigenvalue weighted by atomic mass is 16.5. The van der Waals surface area contributed by atoms with Crippen molar-refractivity contribution in [3.8, 4) is 5.75 Å². The summed E-state index contributed by atoms with van der Waals surface area (Å²) in [5.41, 5.74) is 2.90. The van der Waals surface area contributed by atoms with Gasteiger partial charge in [0.2, 0.25) is 0 Å². The molecule has 138 valence electrons. The molecule has 1 saturated heterocycles. The molecule has 0 saturated carbocycles. The van der Waals surface area contributed by atoms with Gasteiger partial charge in [-0.15, -0.1) is 0 Å². The molecule has 0 radical (unpaired) electrons. The third-order valence-corrected chi connectivity index (χ3v) is 4.71. The number of carbonyl (C=O) groups is 1. The first-order chi connectivity index (χ1) is 12.7. The average molecular weight is 354 g/mol. The predicted octanol–water partition coefficient (Wildman–Crippen LogP) is 4.60. The summed E-state index contributed by atoms with van der Waals surface area (Å²) < 4.78 is 10.8. The van der Waals surface area contributed by atoms with Crippen LogP contribution in [0.4, 0.5) is 10.5 Å². The number of urea groups is 1. The van der Waals surface area contributed by atoms with Gasteiger partial charge in [0.1, 0.15) is 5.75 Å². The fourth-order valence-corrected chi connectivity index (χ4v) is 3.37. The SMILES string of the molecule is CCOCc1ccccc1NC(=O)N1CCCC1c1cccc(OC)c1. The van der Waals surface area contributed by atoms with E-state index >= 15 is 0 Å². The van der Waals surface area contributed by atoms with Crippen molar-refractivity contribution in [2.45, 2.75) is 32.4 Å². The molecule has 1 N–H and O–H groups in total. The molecule has 0 aliphatic carbocycles. The third-order valence-electron chi connectivity index (χ3n) is 4.71. The summed E-state index contributed by atoms with van der Waals surface area (Å²) in [6.45, 7) is 3.85. The lowest BCUT2D eigenvalue weighted by molar-refractivity contribution is 0.134. The molecule has 1 unspecified atom stereocenters. The van der Waals surface area contributed by atoms with Crippen LogP contribution in [0, 0.1) is 0 Å². The molecule has 26 heavy (non-hydrogen) atoms. The lowest BCUT2D eigenvalue weighted by atomic mass is 10.0. The summed E-state index contributed by atoms with van der Waals surface area (Å²) >= 11 is 0. The molecule has 1 atom stereocenters. The molecule has 0 aromatic heterocycles. The lowest BCUT2D eigenvalue weighted by Gasteiger charge is -2.26. The van der Waals surface area contributed by atoms with Crippen molar-refractivity contribution in [2.24, 2.45) is 0 Å². The highest BCUT2D eigenvalue weighted by Gasteiger charge is 2.30. The molecule has 1 aliphatic rings. The van der Waals surface area contributed by atoms with Gasteiger partial charge in [-0.3, -0.25) is 0 Å². The zero-order chi connectivity index (χ0) is 18.4. The zero-order valence-electron chi connectivity index (χ0n) is 15.4. The van der Waals surface area contributed by atoms with Crippen molar-refractivity contribution in [3.05, 3.63) is 59.7 Å². The Morgan fingerprint density at radius 3 is 2.88 bits per heavy atom. The van der Waals surface area contributed by atoms with Crippen molar-refractivity contribution >= 4 is 11.7 Å². The molecule has 3 rings (SSSR count). The summed E-state index contributed by atoms with van der Waals surface area (Å²) in [5.74, 6) is 0.816. The van der Waals surface area contributed by atoms with E-state index in [-0.39, 0.29) is 12.1 Å². The number of hydrogen-bond donors (Lipinski definition) is 1. The van der Waals surface area contributed by atoms with Crippen LogP contribution in [0.3, 0.4) is 0 Å². The molecule has 5 nitrogen and oxygen atoms in total. The molecule has 0 spiro atoms. The van der Waals surface area contributed by atoms with Crippen LogP contribution in [0.2, 0.25) is 0 Å². The first-order valence-corrected chi connectivity index (χ1v) is 9.10. The summed E-state index contributed by atoms with van der Waals surface area (Å²) in [5, 5.41) is 3.07. The van der Waals surface area contributed by atoms with Crippen molar-refractivity contribution in [2.75, 3.05) is 25.6 Å². The Balaban J connectivity index is 1.75. The quantitative estimate of drug-likeness (QED) is 0.825. The van der Waals surface area contributed by atoms with Gasteiger partial charge in [-0.2, -0.15) is 0 Å². The summed E-state index contributed by atoms with van der Waals surface area (Å²) in [4.78, 5) is 14.8. The molecule has 0 bridgehead atoms. The van der Waals surface area contributed by atoms with Crippen molar-refractivity contribution in [1.82, 2.24) is 4.90 Å². The monoisotopic (exact) mass is 354 g/mol. The number of nitrogens with one attached hydrogen (secondary N) is 1. The summed E-state index contributed by atoms with van der Waals surface area (Å²) in [7, 11) is 1.66. The number of carbonyl (C=O) groups excluding carboxylic acids is 1. The van der Waals surface area contributed by atoms with Crippen LogP contribution in [0.5, 0.6) is 5.75 Å². The Kier molecular flexibility index (Phi) is 6.12. The van der Waals surface area contributed by atoms with Crippen molar-refractivity contribution in [3.63, 3.8) is 0 Å². The van der Waals surface area contributed by atoms with Gasteiger partial charge in [0.05, 0.1) is 19.8 Å². The van der Waals surface area contributed by atoms with Gasteiger partial charge in [-0.25, -0.2) is 4.79 Å². The number of rotatable bonds is 6. The fourth-order valence-electron chi connectivity index (χ4n) is 3.37. The van der Waals surface area contributed by atoms with Crippen LogP contribution in [-0.4, -0.2) is 31.2 Å². The van der Waals surface area contributed by atoms with Gasteiger partial charge in [0.15, 0.2) is 0 Å². The number of amides is 2. The van der Waals surface area contributed by atoms with Crippen LogP contribution >= 0.6 is 0 Å². The largest absolute Gasteiger partial charge is 0.497 e. The van der Waals surface area contributed by atoms with Gasteiger partial charge in [-0.1, -0.05) is 30.3 Å². The smallest absolute Gasteiger partial charge is 0.322 e. The van der Waals surface area contributed by atoms with Gasteiger partial charge in [0.25, 0.3) is 0 Å². The molecule has 2 amide bonds. The van der Waals surface area contributed by atoms with Crippen LogP contribution < -0.4 is 10.1 Å².